The maximum Gasteiger partial charge on any atom is 0.278 e. The van der Waals surface area contributed by atoms with E-state index in [2.05, 4.69) is 5.32 Å². The van der Waals surface area contributed by atoms with Crippen LogP contribution in [-0.4, -0.2) is 29.4 Å². The van der Waals surface area contributed by atoms with Crippen LogP contribution in [0.4, 0.5) is 5.69 Å². The second-order valence-corrected chi connectivity index (χ2v) is 8.43. The van der Waals surface area contributed by atoms with E-state index in [0.29, 0.717) is 29.8 Å². The van der Waals surface area contributed by atoms with E-state index >= 15 is 0 Å². The number of hydrogen-bond acceptors (Lipinski definition) is 4. The molecule has 0 unspecified atom stereocenters. The van der Waals surface area contributed by atoms with Crippen LogP contribution in [-0.2, 0) is 16.0 Å². The van der Waals surface area contributed by atoms with Crippen molar-refractivity contribution in [3.63, 3.8) is 0 Å². The fourth-order valence-corrected chi connectivity index (χ4v) is 3.89. The number of hydrogen-bond donors (Lipinski definition) is 1. The first kappa shape index (κ1) is 22.3. The minimum atomic E-state index is -0.310. The number of benzene rings is 3. The molecule has 1 aliphatic rings. The Morgan fingerprint density at radius 3 is 2.27 bits per heavy atom. The molecule has 0 atom stereocenters. The first-order chi connectivity index (χ1) is 15.9. The number of nitrogens with one attached hydrogen (secondary N) is 1. The van der Waals surface area contributed by atoms with Gasteiger partial charge in [-0.2, -0.15) is 0 Å². The molecule has 168 valence electrons. The van der Waals surface area contributed by atoms with Crippen LogP contribution in [0.5, 0.6) is 5.75 Å². The van der Waals surface area contributed by atoms with Crippen LogP contribution in [0, 0.1) is 6.92 Å². The zero-order chi connectivity index (χ0) is 23.4. The molecule has 3 aromatic rings. The second-order valence-electron chi connectivity index (χ2n) is 8.43. The zero-order valence-corrected chi connectivity index (χ0v) is 19.2. The van der Waals surface area contributed by atoms with Gasteiger partial charge in [-0.15, -0.1) is 0 Å². The molecular formula is C28H28N2O3. The summed E-state index contributed by atoms with van der Waals surface area (Å²) in [6.07, 6.45) is 0.654. The van der Waals surface area contributed by atoms with Crippen molar-refractivity contribution in [1.29, 1.82) is 0 Å². The third-order valence-electron chi connectivity index (χ3n) is 5.44. The lowest BCUT2D eigenvalue weighted by Crippen LogP contribution is -2.34. The van der Waals surface area contributed by atoms with E-state index in [1.807, 2.05) is 99.6 Å². The molecule has 0 bridgehead atoms. The van der Waals surface area contributed by atoms with Crippen LogP contribution in [0.25, 0.3) is 5.57 Å². The molecule has 0 saturated heterocycles. The summed E-state index contributed by atoms with van der Waals surface area (Å²) < 4.78 is 5.73. The predicted molar refractivity (Wildman–Crippen MR) is 131 cm³/mol. The Kier molecular flexibility index (Phi) is 6.59. The molecule has 33 heavy (non-hydrogen) atoms. The number of nitrogens with zero attached hydrogens (tertiary/aromatic N) is 1. The number of carbonyl (C=O) groups is 2. The number of imide groups is 1. The number of anilines is 1. The number of ether oxygens (including phenoxy) is 1. The Hall–Kier alpha value is -3.86. The highest BCUT2D eigenvalue weighted by Crippen LogP contribution is 2.32. The zero-order valence-electron chi connectivity index (χ0n) is 19.2. The van der Waals surface area contributed by atoms with Gasteiger partial charge >= 0.3 is 0 Å². The second kappa shape index (κ2) is 9.74. The molecule has 4 rings (SSSR count). The highest BCUT2D eigenvalue weighted by molar-refractivity contribution is 6.36. The summed E-state index contributed by atoms with van der Waals surface area (Å²) in [6, 6.07) is 24.9. The summed E-state index contributed by atoms with van der Waals surface area (Å²) in [5.74, 6) is 0.124. The van der Waals surface area contributed by atoms with Gasteiger partial charge in [0.05, 0.1) is 11.7 Å². The molecule has 1 aliphatic heterocycles. The van der Waals surface area contributed by atoms with E-state index in [0.717, 1.165) is 22.6 Å². The third-order valence-corrected chi connectivity index (χ3v) is 5.44. The molecule has 0 radical (unpaired) electrons. The van der Waals surface area contributed by atoms with Gasteiger partial charge in [0.15, 0.2) is 0 Å². The summed E-state index contributed by atoms with van der Waals surface area (Å²) >= 11 is 0. The first-order valence-corrected chi connectivity index (χ1v) is 11.2. The Labute approximate surface area is 194 Å². The van der Waals surface area contributed by atoms with Crippen molar-refractivity contribution in [2.75, 3.05) is 11.9 Å². The Morgan fingerprint density at radius 1 is 0.879 bits per heavy atom. The fourth-order valence-electron chi connectivity index (χ4n) is 3.89. The maximum atomic E-state index is 13.4. The third kappa shape index (κ3) is 5.14. The van der Waals surface area contributed by atoms with Crippen LogP contribution < -0.4 is 10.1 Å². The average molecular weight is 441 g/mol. The lowest BCUT2D eigenvalue weighted by Gasteiger charge is -2.15. The number of rotatable bonds is 8. The molecule has 0 aliphatic carbocycles. The smallest absolute Gasteiger partial charge is 0.278 e. The van der Waals surface area contributed by atoms with E-state index in [4.69, 9.17) is 4.74 Å². The first-order valence-electron chi connectivity index (χ1n) is 11.2. The summed E-state index contributed by atoms with van der Waals surface area (Å²) in [7, 11) is 0. The highest BCUT2D eigenvalue weighted by atomic mass is 16.5. The lowest BCUT2D eigenvalue weighted by molar-refractivity contribution is -0.136. The van der Waals surface area contributed by atoms with Crippen molar-refractivity contribution in [2.45, 2.75) is 33.3 Å². The molecule has 3 aromatic carbocycles. The van der Waals surface area contributed by atoms with Gasteiger partial charge in [0, 0.05) is 12.2 Å². The SMILES string of the molecule is Cc1cccc(NC2=C(c3ccc(OC(C)C)cc3)C(=O)N(CCc3ccccc3)C2=O)c1. The van der Waals surface area contributed by atoms with Gasteiger partial charge in [0.2, 0.25) is 0 Å². The normalized spacial score (nSPS) is 13.8. The number of amides is 2. The monoisotopic (exact) mass is 440 g/mol. The van der Waals surface area contributed by atoms with E-state index in [9.17, 15) is 9.59 Å². The van der Waals surface area contributed by atoms with Crippen LogP contribution in [0.15, 0.2) is 84.6 Å². The largest absolute Gasteiger partial charge is 0.491 e. The molecular weight excluding hydrogens is 412 g/mol. The van der Waals surface area contributed by atoms with Crippen LogP contribution >= 0.6 is 0 Å². The molecule has 1 heterocycles. The predicted octanol–water partition coefficient (Wildman–Crippen LogP) is 5.22. The quantitative estimate of drug-likeness (QED) is 0.488. The Morgan fingerprint density at radius 2 is 1.61 bits per heavy atom. The standard InChI is InChI=1S/C28H28N2O3/c1-19(2)33-24-14-12-22(13-15-24)25-26(29-23-11-7-8-20(3)18-23)28(32)30(27(25)31)17-16-21-9-5-4-6-10-21/h4-15,18-19,29H,16-17H2,1-3H3. The van der Waals surface area contributed by atoms with Crippen molar-refractivity contribution in [2.24, 2.45) is 0 Å². The van der Waals surface area contributed by atoms with Crippen LogP contribution in [0.1, 0.15) is 30.5 Å². The van der Waals surface area contributed by atoms with Gasteiger partial charge in [-0.05, 0) is 68.1 Å². The highest BCUT2D eigenvalue weighted by Gasteiger charge is 2.39. The van der Waals surface area contributed by atoms with Gasteiger partial charge in [-0.1, -0.05) is 54.6 Å². The molecule has 1 N–H and O–H groups in total. The molecule has 5 heteroatoms. The van der Waals surface area contributed by atoms with Crippen LogP contribution in [0.2, 0.25) is 0 Å². The summed E-state index contributed by atoms with van der Waals surface area (Å²) in [5.41, 5.74) is 4.28. The topological polar surface area (TPSA) is 58.6 Å². The van der Waals surface area contributed by atoms with E-state index in [1.165, 1.54) is 4.90 Å². The lowest BCUT2D eigenvalue weighted by atomic mass is 10.0. The van der Waals surface area contributed by atoms with E-state index in [-0.39, 0.29) is 17.9 Å². The number of carbonyl (C=O) groups excluding carboxylic acids is 2. The van der Waals surface area contributed by atoms with Gasteiger partial charge in [0.1, 0.15) is 11.4 Å². The summed E-state index contributed by atoms with van der Waals surface area (Å²) in [6.45, 7) is 6.23. The molecule has 0 saturated carbocycles. The van der Waals surface area contributed by atoms with Crippen molar-refractivity contribution in [1.82, 2.24) is 4.90 Å². The van der Waals surface area contributed by atoms with Gasteiger partial charge in [-0.25, -0.2) is 0 Å². The van der Waals surface area contributed by atoms with Crippen LogP contribution in [0.3, 0.4) is 0 Å². The summed E-state index contributed by atoms with van der Waals surface area (Å²) in [4.78, 5) is 28.2. The molecule has 0 fully saturated rings. The summed E-state index contributed by atoms with van der Waals surface area (Å²) in [5, 5.41) is 3.22. The van der Waals surface area contributed by atoms with Crippen molar-refractivity contribution in [3.8, 4) is 5.75 Å². The molecule has 2 amide bonds. The minimum absolute atomic E-state index is 0.0526. The Balaban J connectivity index is 1.66. The van der Waals surface area contributed by atoms with Crippen molar-refractivity contribution in [3.05, 3.63) is 101 Å². The van der Waals surface area contributed by atoms with E-state index < -0.39 is 0 Å². The molecule has 5 nitrogen and oxygen atoms in total. The maximum absolute atomic E-state index is 13.4. The van der Waals surface area contributed by atoms with Gasteiger partial charge < -0.3 is 10.1 Å². The Bertz CT molecular complexity index is 1180. The van der Waals surface area contributed by atoms with Gasteiger partial charge in [0.25, 0.3) is 11.8 Å². The fraction of sp³-hybridized carbons (Fsp3) is 0.214. The van der Waals surface area contributed by atoms with Crippen molar-refractivity contribution < 1.29 is 14.3 Å². The minimum Gasteiger partial charge on any atom is -0.491 e. The van der Waals surface area contributed by atoms with Gasteiger partial charge in [-0.3, -0.25) is 14.5 Å². The number of aryl methyl sites for hydroxylation is 1. The molecule has 0 aromatic heterocycles. The molecule has 0 spiro atoms. The van der Waals surface area contributed by atoms with E-state index in [1.54, 1.807) is 0 Å². The van der Waals surface area contributed by atoms with Crippen molar-refractivity contribution >= 4 is 23.1 Å². The average Bonchev–Trinajstić information content (AvgIpc) is 3.02.